The Balaban J connectivity index is 1.95. The molecule has 0 radical (unpaired) electrons. The molecule has 0 aliphatic carbocycles. The van der Waals surface area contributed by atoms with E-state index in [1.54, 1.807) is 26.0 Å². The first-order valence-electron chi connectivity index (χ1n) is 8.70. The molecule has 7 nitrogen and oxygen atoms in total. The summed E-state index contributed by atoms with van der Waals surface area (Å²) in [5.41, 5.74) is 1.67. The predicted molar refractivity (Wildman–Crippen MR) is 101 cm³/mol. The van der Waals surface area contributed by atoms with Crippen molar-refractivity contribution in [2.75, 3.05) is 11.9 Å². The van der Waals surface area contributed by atoms with Gasteiger partial charge < -0.3 is 25.8 Å². The second-order valence-electron chi connectivity index (χ2n) is 6.19. The molecule has 1 aliphatic rings. The largest absolute Gasteiger partial charge is 0.504 e. The molecule has 1 atom stereocenters. The minimum Gasteiger partial charge on any atom is -0.504 e. The molecule has 28 heavy (non-hydrogen) atoms. The third-order valence-electron chi connectivity index (χ3n) is 4.23. The number of phenolic OH excluding ortho intramolecular Hbond substituents is 1. The van der Waals surface area contributed by atoms with Crippen LogP contribution in [-0.2, 0) is 4.79 Å². The van der Waals surface area contributed by atoms with Crippen LogP contribution in [0.2, 0.25) is 0 Å². The predicted octanol–water partition coefficient (Wildman–Crippen LogP) is 3.20. The molecule has 0 saturated heterocycles. The monoisotopic (exact) mass is 385 g/mol. The van der Waals surface area contributed by atoms with Crippen molar-refractivity contribution in [1.29, 1.82) is 0 Å². The smallest absolute Gasteiger partial charge is 0.319 e. The maximum Gasteiger partial charge on any atom is 0.319 e. The Labute approximate surface area is 161 Å². The Bertz CT molecular complexity index is 941. The lowest BCUT2D eigenvalue weighted by Gasteiger charge is -2.29. The lowest BCUT2D eigenvalue weighted by atomic mass is 9.94. The average molecular weight is 385 g/mol. The summed E-state index contributed by atoms with van der Waals surface area (Å²) in [6.07, 6.45) is 0. The lowest BCUT2D eigenvalue weighted by molar-refractivity contribution is -0.113. The van der Waals surface area contributed by atoms with Crippen LogP contribution in [0.1, 0.15) is 25.5 Å². The normalized spacial score (nSPS) is 16.2. The van der Waals surface area contributed by atoms with Crippen LogP contribution in [0.25, 0.3) is 0 Å². The van der Waals surface area contributed by atoms with Gasteiger partial charge in [-0.25, -0.2) is 9.18 Å². The number of hydrogen-bond acceptors (Lipinski definition) is 4. The Morgan fingerprint density at radius 2 is 1.96 bits per heavy atom. The molecule has 3 rings (SSSR count). The number of anilines is 1. The minimum atomic E-state index is -0.756. The number of carbonyl (C=O) groups excluding carboxylic acids is 2. The highest BCUT2D eigenvalue weighted by Gasteiger charge is 2.31. The number of nitrogens with one attached hydrogen (secondary N) is 3. The van der Waals surface area contributed by atoms with Crippen LogP contribution in [0.4, 0.5) is 14.9 Å². The summed E-state index contributed by atoms with van der Waals surface area (Å²) >= 11 is 0. The van der Waals surface area contributed by atoms with E-state index in [2.05, 4.69) is 16.0 Å². The summed E-state index contributed by atoms with van der Waals surface area (Å²) in [4.78, 5) is 24.9. The fraction of sp³-hybridized carbons (Fsp3) is 0.200. The molecule has 0 spiro atoms. The Kier molecular flexibility index (Phi) is 5.49. The van der Waals surface area contributed by atoms with Gasteiger partial charge in [-0.1, -0.05) is 6.07 Å². The standard InChI is InChI=1S/C20H20FN3O4/c1-3-28-16-10-12(4-9-15(16)25)18-17(11(2)22-20(27)24-18)19(26)23-14-7-5-13(21)6-8-14/h4-10,18,25H,3H2,1-2H3,(H,23,26)(H2,22,24,27)/t18-/m0/s1. The summed E-state index contributed by atoms with van der Waals surface area (Å²) in [5, 5.41) is 17.9. The van der Waals surface area contributed by atoms with E-state index in [1.165, 1.54) is 30.3 Å². The van der Waals surface area contributed by atoms with Gasteiger partial charge in [-0.3, -0.25) is 4.79 Å². The molecular formula is C20H20FN3O4. The first-order chi connectivity index (χ1) is 13.4. The Morgan fingerprint density at radius 3 is 2.64 bits per heavy atom. The highest BCUT2D eigenvalue weighted by molar-refractivity contribution is 6.06. The summed E-state index contributed by atoms with van der Waals surface area (Å²) in [6, 6.07) is 8.79. The second-order valence-corrected chi connectivity index (χ2v) is 6.19. The summed E-state index contributed by atoms with van der Waals surface area (Å²) in [5.74, 6) is -0.648. The fourth-order valence-electron chi connectivity index (χ4n) is 2.96. The highest BCUT2D eigenvalue weighted by atomic mass is 19.1. The van der Waals surface area contributed by atoms with Crippen LogP contribution in [-0.4, -0.2) is 23.7 Å². The number of carbonyl (C=O) groups is 2. The van der Waals surface area contributed by atoms with E-state index in [9.17, 15) is 19.1 Å². The van der Waals surface area contributed by atoms with Crippen LogP contribution in [0.5, 0.6) is 11.5 Å². The quantitative estimate of drug-likeness (QED) is 0.635. The van der Waals surface area contributed by atoms with E-state index in [0.717, 1.165) is 0 Å². The fourth-order valence-corrected chi connectivity index (χ4v) is 2.96. The molecule has 8 heteroatoms. The van der Waals surface area contributed by atoms with Crippen molar-refractivity contribution in [3.8, 4) is 11.5 Å². The molecule has 0 aromatic heterocycles. The van der Waals surface area contributed by atoms with Gasteiger partial charge in [-0.05, 0) is 55.8 Å². The van der Waals surface area contributed by atoms with Gasteiger partial charge >= 0.3 is 6.03 Å². The van der Waals surface area contributed by atoms with Crippen molar-refractivity contribution in [3.05, 3.63) is 65.1 Å². The highest BCUT2D eigenvalue weighted by Crippen LogP contribution is 2.34. The third kappa shape index (κ3) is 4.06. The zero-order chi connectivity index (χ0) is 20.3. The number of hydrogen-bond donors (Lipinski definition) is 4. The van der Waals surface area contributed by atoms with E-state index in [4.69, 9.17) is 4.74 Å². The van der Waals surface area contributed by atoms with Crippen LogP contribution in [0.15, 0.2) is 53.7 Å². The van der Waals surface area contributed by atoms with Gasteiger partial charge in [0.2, 0.25) is 0 Å². The zero-order valence-corrected chi connectivity index (χ0v) is 15.4. The van der Waals surface area contributed by atoms with Gasteiger partial charge in [0.05, 0.1) is 18.2 Å². The third-order valence-corrected chi connectivity index (χ3v) is 4.23. The van der Waals surface area contributed by atoms with Gasteiger partial charge in [0, 0.05) is 11.4 Å². The van der Waals surface area contributed by atoms with Crippen LogP contribution in [0, 0.1) is 5.82 Å². The summed E-state index contributed by atoms with van der Waals surface area (Å²) in [7, 11) is 0. The maximum atomic E-state index is 13.1. The summed E-state index contributed by atoms with van der Waals surface area (Å²) in [6.45, 7) is 3.75. The van der Waals surface area contributed by atoms with Crippen molar-refractivity contribution >= 4 is 17.6 Å². The minimum absolute atomic E-state index is 0.0381. The van der Waals surface area contributed by atoms with E-state index >= 15 is 0 Å². The molecule has 4 N–H and O–H groups in total. The van der Waals surface area contributed by atoms with Gasteiger partial charge in [0.1, 0.15) is 5.82 Å². The van der Waals surface area contributed by atoms with E-state index < -0.39 is 23.8 Å². The van der Waals surface area contributed by atoms with Crippen molar-refractivity contribution in [1.82, 2.24) is 10.6 Å². The van der Waals surface area contributed by atoms with Crippen molar-refractivity contribution < 1.29 is 23.8 Å². The first-order valence-corrected chi connectivity index (χ1v) is 8.70. The summed E-state index contributed by atoms with van der Waals surface area (Å²) < 4.78 is 18.5. The molecule has 0 fully saturated rings. The number of aromatic hydroxyl groups is 1. The van der Waals surface area contributed by atoms with Crippen molar-refractivity contribution in [2.45, 2.75) is 19.9 Å². The zero-order valence-electron chi connectivity index (χ0n) is 15.4. The number of urea groups is 1. The number of allylic oxidation sites excluding steroid dienone is 1. The Hall–Kier alpha value is -3.55. The number of benzene rings is 2. The average Bonchev–Trinajstić information content (AvgIpc) is 2.65. The van der Waals surface area contributed by atoms with E-state index in [-0.39, 0.29) is 17.1 Å². The van der Waals surface area contributed by atoms with Gasteiger partial charge in [0.15, 0.2) is 11.5 Å². The van der Waals surface area contributed by atoms with Crippen molar-refractivity contribution in [3.63, 3.8) is 0 Å². The topological polar surface area (TPSA) is 99.7 Å². The lowest BCUT2D eigenvalue weighted by Crippen LogP contribution is -2.45. The first kappa shape index (κ1) is 19.2. The molecule has 1 heterocycles. The molecule has 2 aromatic rings. The molecule has 0 unspecified atom stereocenters. The number of ether oxygens (including phenoxy) is 1. The van der Waals surface area contributed by atoms with Crippen LogP contribution < -0.4 is 20.7 Å². The molecule has 0 saturated carbocycles. The van der Waals surface area contributed by atoms with Crippen LogP contribution >= 0.6 is 0 Å². The number of rotatable bonds is 5. The van der Waals surface area contributed by atoms with E-state index in [0.29, 0.717) is 23.6 Å². The molecular weight excluding hydrogens is 365 g/mol. The molecule has 1 aliphatic heterocycles. The molecule has 0 bridgehead atoms. The van der Waals surface area contributed by atoms with Crippen LogP contribution in [0.3, 0.4) is 0 Å². The van der Waals surface area contributed by atoms with Gasteiger partial charge in [0.25, 0.3) is 5.91 Å². The molecule has 3 amide bonds. The van der Waals surface area contributed by atoms with E-state index in [1.807, 2.05) is 0 Å². The van der Waals surface area contributed by atoms with Gasteiger partial charge in [-0.2, -0.15) is 0 Å². The second kappa shape index (κ2) is 7.99. The SMILES string of the molecule is CCOc1cc([C@@H]2NC(=O)NC(C)=C2C(=O)Nc2ccc(F)cc2)ccc1O. The number of amides is 3. The van der Waals surface area contributed by atoms with Gasteiger partial charge in [-0.15, -0.1) is 0 Å². The number of halogens is 1. The number of phenols is 1. The molecule has 2 aromatic carbocycles. The Morgan fingerprint density at radius 1 is 1.25 bits per heavy atom. The van der Waals surface area contributed by atoms with Crippen molar-refractivity contribution in [2.24, 2.45) is 0 Å². The molecule has 146 valence electrons. The maximum absolute atomic E-state index is 13.1.